The van der Waals surface area contributed by atoms with Crippen molar-refractivity contribution in [3.63, 3.8) is 0 Å². The highest BCUT2D eigenvalue weighted by atomic mass is 35.5. The molecule has 2 heterocycles. The molecule has 1 saturated heterocycles. The largest absolute Gasteiger partial charge is 0.367 e. The molecule has 0 spiro atoms. The van der Waals surface area contributed by atoms with Crippen LogP contribution in [-0.2, 0) is 9.53 Å². The lowest BCUT2D eigenvalue weighted by Crippen LogP contribution is -2.47. The van der Waals surface area contributed by atoms with Crippen molar-refractivity contribution in [1.82, 2.24) is 4.90 Å². The van der Waals surface area contributed by atoms with Crippen LogP contribution >= 0.6 is 23.7 Å². The maximum atomic E-state index is 12.1. The lowest BCUT2D eigenvalue weighted by molar-refractivity contribution is -0.145. The monoisotopic (exact) mass is 304 g/mol. The van der Waals surface area contributed by atoms with Gasteiger partial charge in [0.25, 0.3) is 0 Å². The van der Waals surface area contributed by atoms with Crippen molar-refractivity contribution in [3.8, 4) is 0 Å². The van der Waals surface area contributed by atoms with E-state index in [2.05, 4.69) is 11.4 Å². The van der Waals surface area contributed by atoms with Crippen molar-refractivity contribution < 1.29 is 9.53 Å². The minimum atomic E-state index is -0.0877. The number of hydrogen-bond donors (Lipinski definition) is 1. The van der Waals surface area contributed by atoms with E-state index in [1.165, 1.54) is 0 Å². The topological polar surface area (TPSA) is 55.6 Å². The van der Waals surface area contributed by atoms with Gasteiger partial charge < -0.3 is 15.4 Å². The minimum Gasteiger partial charge on any atom is -0.367 e. The summed E-state index contributed by atoms with van der Waals surface area (Å²) in [5, 5.41) is 4.11. The summed E-state index contributed by atoms with van der Waals surface area (Å²) in [4.78, 5) is 13.9. The summed E-state index contributed by atoms with van der Waals surface area (Å²) in [6.45, 7) is 5.15. The van der Waals surface area contributed by atoms with E-state index in [0.29, 0.717) is 19.5 Å². The molecule has 1 amide bonds. The summed E-state index contributed by atoms with van der Waals surface area (Å²) >= 11 is 1.65. The molecule has 1 aliphatic heterocycles. The van der Waals surface area contributed by atoms with Crippen molar-refractivity contribution in [2.75, 3.05) is 13.1 Å². The van der Waals surface area contributed by atoms with Crippen LogP contribution in [0.25, 0.3) is 0 Å². The first kappa shape index (κ1) is 16.4. The molecule has 2 rings (SSSR count). The fourth-order valence-electron chi connectivity index (χ4n) is 2.20. The number of carbonyl (C=O) groups is 1. The molecular formula is C13H21ClN2O2S. The Labute approximate surface area is 124 Å². The summed E-state index contributed by atoms with van der Waals surface area (Å²) in [5.41, 5.74) is 6.84. The molecule has 108 valence electrons. The summed E-state index contributed by atoms with van der Waals surface area (Å²) < 4.78 is 5.90. The van der Waals surface area contributed by atoms with Gasteiger partial charge in [0.1, 0.15) is 6.10 Å². The lowest BCUT2D eigenvalue weighted by Gasteiger charge is -2.37. The zero-order valence-corrected chi connectivity index (χ0v) is 12.9. The van der Waals surface area contributed by atoms with E-state index in [-0.39, 0.29) is 36.6 Å². The van der Waals surface area contributed by atoms with Crippen molar-refractivity contribution in [1.29, 1.82) is 0 Å². The van der Waals surface area contributed by atoms with Crippen LogP contribution in [0.2, 0.25) is 0 Å². The highest BCUT2D eigenvalue weighted by Gasteiger charge is 2.29. The van der Waals surface area contributed by atoms with Crippen LogP contribution in [0.1, 0.15) is 31.9 Å². The Kier molecular flexibility index (Phi) is 6.26. The number of morpholine rings is 1. The van der Waals surface area contributed by atoms with Gasteiger partial charge in [-0.2, -0.15) is 11.3 Å². The number of thiophene rings is 1. The second-order valence-corrected chi connectivity index (χ2v) is 5.75. The number of rotatable bonds is 3. The third-order valence-corrected chi connectivity index (χ3v) is 3.73. The Morgan fingerprint density at radius 3 is 2.95 bits per heavy atom. The van der Waals surface area contributed by atoms with Gasteiger partial charge in [0, 0.05) is 19.0 Å². The van der Waals surface area contributed by atoms with Crippen LogP contribution in [0.3, 0.4) is 0 Å². The predicted octanol–water partition coefficient (Wildman–Crippen LogP) is 2.20. The van der Waals surface area contributed by atoms with Crippen molar-refractivity contribution in [2.24, 2.45) is 5.73 Å². The highest BCUT2D eigenvalue weighted by molar-refractivity contribution is 7.07. The summed E-state index contributed by atoms with van der Waals surface area (Å²) in [5.74, 6) is 0.125. The molecule has 0 saturated carbocycles. The number of hydrogen-bond acceptors (Lipinski definition) is 4. The lowest BCUT2D eigenvalue weighted by atomic mass is 10.1. The molecule has 3 unspecified atom stereocenters. The van der Waals surface area contributed by atoms with Crippen LogP contribution in [0.15, 0.2) is 16.8 Å². The molecule has 1 aromatic rings. The average Bonchev–Trinajstić information content (AvgIpc) is 2.80. The van der Waals surface area contributed by atoms with Gasteiger partial charge in [-0.1, -0.05) is 0 Å². The van der Waals surface area contributed by atoms with E-state index < -0.39 is 0 Å². The highest BCUT2D eigenvalue weighted by Crippen LogP contribution is 2.27. The van der Waals surface area contributed by atoms with Crippen molar-refractivity contribution in [3.05, 3.63) is 22.4 Å². The van der Waals surface area contributed by atoms with E-state index >= 15 is 0 Å². The Bertz CT molecular complexity index is 397. The SMILES string of the molecule is CC(N)CC(=O)N1CC(C)OC(c2ccsc2)C1.Cl. The smallest absolute Gasteiger partial charge is 0.224 e. The number of nitrogens with zero attached hydrogens (tertiary/aromatic N) is 1. The van der Waals surface area contributed by atoms with E-state index in [1.54, 1.807) is 11.3 Å². The summed E-state index contributed by atoms with van der Waals surface area (Å²) in [7, 11) is 0. The number of amides is 1. The Balaban J connectivity index is 0.00000180. The van der Waals surface area contributed by atoms with Crippen molar-refractivity contribution in [2.45, 2.75) is 38.5 Å². The molecule has 1 aliphatic rings. The van der Waals surface area contributed by atoms with E-state index in [4.69, 9.17) is 10.5 Å². The first-order valence-electron chi connectivity index (χ1n) is 6.27. The standard InChI is InChI=1S/C13H20N2O2S.ClH/c1-9(14)5-13(16)15-6-10(2)17-12(7-15)11-3-4-18-8-11;/h3-4,8-10,12H,5-7,14H2,1-2H3;1H. The summed E-state index contributed by atoms with van der Waals surface area (Å²) in [6, 6.07) is 1.97. The number of carbonyl (C=O) groups excluding carboxylic acids is 1. The van der Waals surface area contributed by atoms with Crippen LogP contribution in [-0.4, -0.2) is 36.0 Å². The van der Waals surface area contributed by atoms with Gasteiger partial charge in [-0.25, -0.2) is 0 Å². The molecule has 3 atom stereocenters. The number of ether oxygens (including phenoxy) is 1. The molecule has 1 aromatic heterocycles. The molecule has 4 nitrogen and oxygen atoms in total. The van der Waals surface area contributed by atoms with Gasteiger partial charge in [0.05, 0.1) is 12.6 Å². The van der Waals surface area contributed by atoms with Gasteiger partial charge in [-0.15, -0.1) is 12.4 Å². The second kappa shape index (κ2) is 7.24. The van der Waals surface area contributed by atoms with Gasteiger partial charge in [-0.05, 0) is 36.2 Å². The molecular weight excluding hydrogens is 284 g/mol. The number of halogens is 1. The molecule has 0 aliphatic carbocycles. The van der Waals surface area contributed by atoms with Crippen molar-refractivity contribution >= 4 is 29.7 Å². The third kappa shape index (κ3) is 4.45. The molecule has 0 radical (unpaired) electrons. The van der Waals surface area contributed by atoms with Crippen LogP contribution in [0, 0.1) is 0 Å². The minimum absolute atomic E-state index is 0. The van der Waals surface area contributed by atoms with Gasteiger partial charge in [-0.3, -0.25) is 4.79 Å². The Morgan fingerprint density at radius 2 is 2.37 bits per heavy atom. The van der Waals surface area contributed by atoms with E-state index in [1.807, 2.05) is 24.1 Å². The molecule has 0 aromatic carbocycles. The first-order valence-corrected chi connectivity index (χ1v) is 7.21. The van der Waals surface area contributed by atoms with E-state index in [0.717, 1.165) is 5.56 Å². The third-order valence-electron chi connectivity index (χ3n) is 3.02. The molecule has 2 N–H and O–H groups in total. The molecule has 19 heavy (non-hydrogen) atoms. The maximum absolute atomic E-state index is 12.1. The van der Waals surface area contributed by atoms with Crippen LogP contribution in [0.5, 0.6) is 0 Å². The van der Waals surface area contributed by atoms with Gasteiger partial charge in [0.15, 0.2) is 0 Å². The summed E-state index contributed by atoms with van der Waals surface area (Å²) in [6.07, 6.45) is 0.473. The molecule has 1 fully saturated rings. The fourth-order valence-corrected chi connectivity index (χ4v) is 2.90. The predicted molar refractivity (Wildman–Crippen MR) is 79.7 cm³/mol. The Hall–Kier alpha value is -0.620. The molecule has 6 heteroatoms. The van der Waals surface area contributed by atoms with E-state index in [9.17, 15) is 4.79 Å². The fraction of sp³-hybridized carbons (Fsp3) is 0.615. The molecule has 0 bridgehead atoms. The quantitative estimate of drug-likeness (QED) is 0.931. The Morgan fingerprint density at radius 1 is 1.63 bits per heavy atom. The first-order chi connectivity index (χ1) is 8.56. The maximum Gasteiger partial charge on any atom is 0.224 e. The second-order valence-electron chi connectivity index (χ2n) is 4.97. The van der Waals surface area contributed by atoms with Gasteiger partial charge >= 0.3 is 0 Å². The zero-order chi connectivity index (χ0) is 13.1. The number of nitrogens with two attached hydrogens (primary N) is 1. The van der Waals surface area contributed by atoms with Gasteiger partial charge in [0.2, 0.25) is 5.91 Å². The van der Waals surface area contributed by atoms with Crippen LogP contribution in [0.4, 0.5) is 0 Å². The normalized spacial score (nSPS) is 24.7. The average molecular weight is 305 g/mol. The van der Waals surface area contributed by atoms with Crippen LogP contribution < -0.4 is 5.73 Å². The zero-order valence-electron chi connectivity index (χ0n) is 11.2.